The Kier molecular flexibility index (Phi) is 5.12. The minimum absolute atomic E-state index is 0.254. The number of aromatic nitrogens is 1. The predicted molar refractivity (Wildman–Crippen MR) is 94.0 cm³/mol. The van der Waals surface area contributed by atoms with E-state index in [1.807, 2.05) is 0 Å². The lowest BCUT2D eigenvalue weighted by Crippen LogP contribution is -2.44. The quantitative estimate of drug-likeness (QED) is 0.755. The van der Waals surface area contributed by atoms with Gasteiger partial charge in [0.15, 0.2) is 0 Å². The zero-order chi connectivity index (χ0) is 18.8. The summed E-state index contributed by atoms with van der Waals surface area (Å²) < 4.78 is 38.5. The third-order valence-corrected chi connectivity index (χ3v) is 4.49. The molecule has 7 heteroatoms. The Bertz CT molecular complexity index is 850. The Labute approximate surface area is 154 Å². The Morgan fingerprint density at radius 3 is 2.54 bits per heavy atom. The maximum atomic E-state index is 12.8. The van der Waals surface area contributed by atoms with Gasteiger partial charge in [-0.2, -0.15) is 13.2 Å². The molecule has 1 saturated heterocycles. The highest BCUT2D eigenvalue weighted by molar-refractivity contribution is 6.30. The van der Waals surface area contributed by atoms with Gasteiger partial charge in [-0.3, -0.25) is 0 Å². The molecular weight excluding hydrogens is 365 g/mol. The van der Waals surface area contributed by atoms with Gasteiger partial charge in [0.05, 0.1) is 5.56 Å². The van der Waals surface area contributed by atoms with Crippen LogP contribution in [0.2, 0.25) is 5.02 Å². The van der Waals surface area contributed by atoms with Crippen molar-refractivity contribution in [2.75, 3.05) is 18.0 Å². The lowest BCUT2D eigenvalue weighted by molar-refractivity contribution is -0.137. The summed E-state index contributed by atoms with van der Waals surface area (Å²) >= 11 is 5.91. The first-order valence-corrected chi connectivity index (χ1v) is 8.42. The van der Waals surface area contributed by atoms with E-state index in [-0.39, 0.29) is 5.82 Å². The lowest BCUT2D eigenvalue weighted by atomic mass is 9.91. The van der Waals surface area contributed by atoms with E-state index < -0.39 is 17.3 Å². The van der Waals surface area contributed by atoms with Crippen LogP contribution in [0.15, 0.2) is 42.6 Å². The molecule has 0 radical (unpaired) electrons. The zero-order valence-electron chi connectivity index (χ0n) is 13.7. The molecule has 1 N–H and O–H groups in total. The van der Waals surface area contributed by atoms with Crippen molar-refractivity contribution in [1.29, 1.82) is 0 Å². The molecule has 0 bridgehead atoms. The van der Waals surface area contributed by atoms with Crippen molar-refractivity contribution in [1.82, 2.24) is 4.98 Å². The SMILES string of the molecule is OC1(C#Cc2cccc(Cl)c2)CCN(c2cc(C(F)(F)F)ccn2)CC1. The van der Waals surface area contributed by atoms with Crippen LogP contribution >= 0.6 is 11.6 Å². The number of aliphatic hydroxyl groups is 1. The van der Waals surface area contributed by atoms with E-state index in [1.165, 1.54) is 0 Å². The van der Waals surface area contributed by atoms with Gasteiger partial charge in [0.2, 0.25) is 0 Å². The molecule has 3 nitrogen and oxygen atoms in total. The van der Waals surface area contributed by atoms with Gasteiger partial charge in [-0.15, -0.1) is 0 Å². The van der Waals surface area contributed by atoms with Crippen molar-refractivity contribution in [3.8, 4) is 11.8 Å². The summed E-state index contributed by atoms with van der Waals surface area (Å²) in [6, 6.07) is 8.99. The number of hydrogen-bond acceptors (Lipinski definition) is 3. The van der Waals surface area contributed by atoms with E-state index in [0.29, 0.717) is 36.5 Å². The van der Waals surface area contributed by atoms with E-state index in [0.717, 1.165) is 18.3 Å². The van der Waals surface area contributed by atoms with Crippen LogP contribution in [0.3, 0.4) is 0 Å². The topological polar surface area (TPSA) is 36.4 Å². The van der Waals surface area contributed by atoms with Gasteiger partial charge >= 0.3 is 6.18 Å². The summed E-state index contributed by atoms with van der Waals surface area (Å²) in [4.78, 5) is 5.75. The van der Waals surface area contributed by atoms with Crippen LogP contribution < -0.4 is 4.90 Å². The molecule has 0 spiro atoms. The number of nitrogens with zero attached hydrogens (tertiary/aromatic N) is 2. The van der Waals surface area contributed by atoms with Gasteiger partial charge in [0, 0.05) is 42.7 Å². The summed E-state index contributed by atoms with van der Waals surface area (Å²) in [5.41, 5.74) is -1.21. The molecule has 136 valence electrons. The first-order valence-electron chi connectivity index (χ1n) is 8.05. The number of piperidine rings is 1. The number of hydrogen-bond donors (Lipinski definition) is 1. The first kappa shape index (κ1) is 18.6. The van der Waals surface area contributed by atoms with Crippen molar-refractivity contribution >= 4 is 17.4 Å². The molecule has 1 aliphatic rings. The van der Waals surface area contributed by atoms with Crippen LogP contribution in [0.4, 0.5) is 19.0 Å². The molecule has 1 fully saturated rings. The van der Waals surface area contributed by atoms with Crippen LogP contribution in [0, 0.1) is 11.8 Å². The van der Waals surface area contributed by atoms with Gasteiger partial charge in [0.1, 0.15) is 11.4 Å². The van der Waals surface area contributed by atoms with Crippen molar-refractivity contribution in [2.45, 2.75) is 24.6 Å². The van der Waals surface area contributed by atoms with Gasteiger partial charge in [-0.25, -0.2) is 4.98 Å². The summed E-state index contributed by atoms with van der Waals surface area (Å²) in [6.45, 7) is 0.740. The fourth-order valence-electron chi connectivity index (χ4n) is 2.75. The highest BCUT2D eigenvalue weighted by atomic mass is 35.5. The van der Waals surface area contributed by atoms with Gasteiger partial charge in [-0.1, -0.05) is 29.5 Å². The molecule has 2 aromatic rings. The second-order valence-corrected chi connectivity index (χ2v) is 6.62. The van der Waals surface area contributed by atoms with E-state index in [9.17, 15) is 18.3 Å². The average Bonchev–Trinajstić information content (AvgIpc) is 2.60. The lowest BCUT2D eigenvalue weighted by Gasteiger charge is -2.35. The van der Waals surface area contributed by atoms with Crippen molar-refractivity contribution in [2.24, 2.45) is 0 Å². The normalized spacial score (nSPS) is 16.7. The summed E-state index contributed by atoms with van der Waals surface area (Å²) in [5, 5.41) is 11.2. The molecule has 3 rings (SSSR count). The monoisotopic (exact) mass is 380 g/mol. The maximum absolute atomic E-state index is 12.8. The van der Waals surface area contributed by atoms with Crippen LogP contribution in [0.5, 0.6) is 0 Å². The fourth-order valence-corrected chi connectivity index (χ4v) is 2.94. The minimum atomic E-state index is -4.41. The largest absolute Gasteiger partial charge is 0.416 e. The standard InChI is InChI=1S/C19H16ClF3N2O/c20-16-3-1-2-14(12-16)4-6-18(26)7-10-25(11-8-18)17-13-15(5-9-24-17)19(21,22)23/h1-3,5,9,12-13,26H,7-8,10-11H2. The van der Waals surface area contributed by atoms with Gasteiger partial charge in [0.25, 0.3) is 0 Å². The van der Waals surface area contributed by atoms with Crippen molar-refractivity contribution in [3.63, 3.8) is 0 Å². The van der Waals surface area contributed by atoms with Crippen LogP contribution in [-0.4, -0.2) is 28.8 Å². The fraction of sp³-hybridized carbons (Fsp3) is 0.316. The Hall–Kier alpha value is -2.23. The number of anilines is 1. The number of pyridine rings is 1. The van der Waals surface area contributed by atoms with Crippen LogP contribution in [0.1, 0.15) is 24.0 Å². The zero-order valence-corrected chi connectivity index (χ0v) is 14.5. The molecule has 0 atom stereocenters. The maximum Gasteiger partial charge on any atom is 0.416 e. The molecule has 2 heterocycles. The molecule has 26 heavy (non-hydrogen) atoms. The average molecular weight is 381 g/mol. The number of halogens is 4. The molecule has 0 unspecified atom stereocenters. The summed E-state index contributed by atoms with van der Waals surface area (Å²) in [6.07, 6.45) is -2.62. The van der Waals surface area contributed by atoms with Crippen LogP contribution in [-0.2, 0) is 6.18 Å². The summed E-state index contributed by atoms with van der Waals surface area (Å²) in [7, 11) is 0. The highest BCUT2D eigenvalue weighted by Crippen LogP contribution is 2.32. The van der Waals surface area contributed by atoms with E-state index in [1.54, 1.807) is 29.2 Å². The third-order valence-electron chi connectivity index (χ3n) is 4.25. The molecule has 0 saturated carbocycles. The molecule has 0 aliphatic carbocycles. The highest BCUT2D eigenvalue weighted by Gasteiger charge is 2.33. The second-order valence-electron chi connectivity index (χ2n) is 6.18. The molecule has 1 aliphatic heterocycles. The second kappa shape index (κ2) is 7.18. The van der Waals surface area contributed by atoms with E-state index >= 15 is 0 Å². The molecule has 1 aromatic carbocycles. The third kappa shape index (κ3) is 4.48. The van der Waals surface area contributed by atoms with Crippen LogP contribution in [0.25, 0.3) is 0 Å². The predicted octanol–water partition coefficient (Wildman–Crippen LogP) is 4.14. The Balaban J connectivity index is 1.69. The van der Waals surface area contributed by atoms with E-state index in [4.69, 9.17) is 11.6 Å². The molecule has 1 aromatic heterocycles. The van der Waals surface area contributed by atoms with E-state index in [2.05, 4.69) is 16.8 Å². The molecule has 0 amide bonds. The number of benzene rings is 1. The van der Waals surface area contributed by atoms with Crippen molar-refractivity contribution < 1.29 is 18.3 Å². The summed E-state index contributed by atoms with van der Waals surface area (Å²) in [5.74, 6) is 6.04. The Morgan fingerprint density at radius 2 is 1.88 bits per heavy atom. The van der Waals surface area contributed by atoms with Gasteiger partial charge in [-0.05, 0) is 30.3 Å². The number of alkyl halides is 3. The Morgan fingerprint density at radius 1 is 1.15 bits per heavy atom. The first-order chi connectivity index (χ1) is 12.3. The minimum Gasteiger partial charge on any atom is -0.377 e. The number of rotatable bonds is 1. The van der Waals surface area contributed by atoms with Crippen molar-refractivity contribution in [3.05, 3.63) is 58.7 Å². The van der Waals surface area contributed by atoms with Gasteiger partial charge < -0.3 is 10.0 Å². The molecular formula is C19H16ClF3N2O. The smallest absolute Gasteiger partial charge is 0.377 e.